The Bertz CT molecular complexity index is 541. The van der Waals surface area contributed by atoms with Crippen molar-refractivity contribution in [2.45, 2.75) is 12.4 Å². The maximum Gasteiger partial charge on any atom is 0.432 e. The molecular formula is C8H3F6NO3. The highest BCUT2D eigenvalue weighted by molar-refractivity contribution is 5.89. The number of H-pyrrole nitrogens is 1. The summed E-state index contributed by atoms with van der Waals surface area (Å²) in [7, 11) is 0. The van der Waals surface area contributed by atoms with Crippen LogP contribution in [0, 0.1) is 0 Å². The molecule has 1 rings (SSSR count). The number of aromatic amines is 1. The largest absolute Gasteiger partial charge is 0.477 e. The maximum absolute atomic E-state index is 12.4. The summed E-state index contributed by atoms with van der Waals surface area (Å²) < 4.78 is 73.6. The molecule has 0 fully saturated rings. The van der Waals surface area contributed by atoms with Crippen molar-refractivity contribution in [1.29, 1.82) is 0 Å². The van der Waals surface area contributed by atoms with E-state index < -0.39 is 40.7 Å². The highest BCUT2D eigenvalue weighted by Gasteiger charge is 2.41. The Labute approximate surface area is 93.9 Å². The van der Waals surface area contributed by atoms with Crippen LogP contribution in [0.2, 0.25) is 0 Å². The first-order valence-electron chi connectivity index (χ1n) is 4.09. The molecule has 10 heteroatoms. The summed E-state index contributed by atoms with van der Waals surface area (Å²) in [5.41, 5.74) is -7.86. The lowest BCUT2D eigenvalue weighted by Crippen LogP contribution is -2.27. The van der Waals surface area contributed by atoms with Crippen LogP contribution in [0.5, 0.6) is 0 Å². The van der Waals surface area contributed by atoms with E-state index in [0.717, 1.165) is 4.98 Å². The molecule has 4 nitrogen and oxygen atoms in total. The summed E-state index contributed by atoms with van der Waals surface area (Å²) in [5, 5.41) is 8.40. The standard InChI is InChI=1S/C8H3F6NO3/c9-7(10,11)3-1-2(16)4(6(17)18)5(15-3)8(12,13)14/h1H,(H,15,16)(H,17,18). The van der Waals surface area contributed by atoms with Gasteiger partial charge in [0, 0.05) is 6.07 Å². The van der Waals surface area contributed by atoms with Crippen LogP contribution in [-0.2, 0) is 12.4 Å². The smallest absolute Gasteiger partial charge is 0.432 e. The van der Waals surface area contributed by atoms with Crippen molar-refractivity contribution in [3.8, 4) is 0 Å². The normalized spacial score (nSPS) is 12.6. The van der Waals surface area contributed by atoms with E-state index in [1.54, 1.807) is 0 Å². The molecule has 0 aliphatic rings. The van der Waals surface area contributed by atoms with Gasteiger partial charge < -0.3 is 10.1 Å². The number of pyridine rings is 1. The minimum Gasteiger partial charge on any atom is -0.477 e. The van der Waals surface area contributed by atoms with Crippen molar-refractivity contribution in [3.63, 3.8) is 0 Å². The van der Waals surface area contributed by atoms with Crippen molar-refractivity contribution in [2.24, 2.45) is 0 Å². The van der Waals surface area contributed by atoms with Crippen LogP contribution in [0.25, 0.3) is 0 Å². The third-order valence-corrected chi connectivity index (χ3v) is 1.83. The molecule has 1 aromatic rings. The summed E-state index contributed by atoms with van der Waals surface area (Å²) in [6.07, 6.45) is -10.6. The van der Waals surface area contributed by atoms with Gasteiger partial charge in [-0.05, 0) is 0 Å². The van der Waals surface area contributed by atoms with Gasteiger partial charge in [0.25, 0.3) is 0 Å². The van der Waals surface area contributed by atoms with Crippen molar-refractivity contribution >= 4 is 5.97 Å². The number of hydrogen-bond acceptors (Lipinski definition) is 2. The molecule has 0 unspecified atom stereocenters. The number of halogens is 6. The number of rotatable bonds is 1. The van der Waals surface area contributed by atoms with E-state index in [0.29, 0.717) is 0 Å². The summed E-state index contributed by atoms with van der Waals surface area (Å²) >= 11 is 0. The zero-order valence-corrected chi connectivity index (χ0v) is 8.11. The summed E-state index contributed by atoms with van der Waals surface area (Å²) in [6.45, 7) is 0. The number of carboxylic acids is 1. The van der Waals surface area contributed by atoms with Crippen LogP contribution in [0.3, 0.4) is 0 Å². The van der Waals surface area contributed by atoms with E-state index in [2.05, 4.69) is 0 Å². The minimum absolute atomic E-state index is 0.237. The molecule has 0 aliphatic heterocycles. The topological polar surface area (TPSA) is 70.2 Å². The number of hydrogen-bond donors (Lipinski definition) is 2. The Morgan fingerprint density at radius 1 is 1.11 bits per heavy atom. The molecule has 0 bridgehead atoms. The first kappa shape index (κ1) is 14.1. The number of aromatic nitrogens is 1. The predicted octanol–water partition coefficient (Wildman–Crippen LogP) is 2.11. The Kier molecular flexibility index (Phi) is 3.15. The number of aromatic carboxylic acids is 1. The summed E-state index contributed by atoms with van der Waals surface area (Å²) in [6, 6.07) is -0.237. The highest BCUT2D eigenvalue weighted by Crippen LogP contribution is 2.33. The molecule has 1 aromatic heterocycles. The molecule has 0 aromatic carbocycles. The van der Waals surface area contributed by atoms with Gasteiger partial charge in [-0.15, -0.1) is 0 Å². The molecule has 0 radical (unpaired) electrons. The molecular weight excluding hydrogens is 272 g/mol. The Balaban J connectivity index is 3.69. The average molecular weight is 275 g/mol. The Morgan fingerprint density at radius 3 is 1.94 bits per heavy atom. The van der Waals surface area contributed by atoms with Crippen molar-refractivity contribution in [2.75, 3.05) is 0 Å². The van der Waals surface area contributed by atoms with Crippen molar-refractivity contribution < 1.29 is 36.2 Å². The Hall–Kier alpha value is -2.00. The lowest BCUT2D eigenvalue weighted by Gasteiger charge is -2.13. The summed E-state index contributed by atoms with van der Waals surface area (Å²) in [4.78, 5) is 22.3. The van der Waals surface area contributed by atoms with Crippen molar-refractivity contribution in [3.05, 3.63) is 33.2 Å². The zero-order valence-electron chi connectivity index (χ0n) is 8.11. The van der Waals surface area contributed by atoms with E-state index in [4.69, 9.17) is 5.11 Å². The average Bonchev–Trinajstić information content (AvgIpc) is 2.12. The van der Waals surface area contributed by atoms with E-state index in [1.165, 1.54) is 0 Å². The predicted molar refractivity (Wildman–Crippen MR) is 44.0 cm³/mol. The molecule has 0 spiro atoms. The van der Waals surface area contributed by atoms with Crippen LogP contribution in [0.4, 0.5) is 26.3 Å². The van der Waals surface area contributed by atoms with E-state index in [9.17, 15) is 35.9 Å². The molecule has 0 atom stereocenters. The summed E-state index contributed by atoms with van der Waals surface area (Å²) in [5.74, 6) is -2.27. The lowest BCUT2D eigenvalue weighted by atomic mass is 10.1. The van der Waals surface area contributed by atoms with Gasteiger partial charge in [0.05, 0.1) is 0 Å². The zero-order chi connectivity index (χ0) is 14.3. The van der Waals surface area contributed by atoms with E-state index >= 15 is 0 Å². The fourth-order valence-electron chi connectivity index (χ4n) is 1.14. The van der Waals surface area contributed by atoms with Gasteiger partial charge in [-0.2, -0.15) is 26.3 Å². The van der Waals surface area contributed by atoms with Crippen LogP contribution >= 0.6 is 0 Å². The lowest BCUT2D eigenvalue weighted by molar-refractivity contribution is -0.150. The quantitative estimate of drug-likeness (QED) is 0.771. The Morgan fingerprint density at radius 2 is 1.61 bits per heavy atom. The highest BCUT2D eigenvalue weighted by atomic mass is 19.4. The molecule has 1 heterocycles. The van der Waals surface area contributed by atoms with Gasteiger partial charge in [0.2, 0.25) is 0 Å². The molecule has 0 aliphatic carbocycles. The van der Waals surface area contributed by atoms with Gasteiger partial charge in [-0.25, -0.2) is 4.79 Å². The second kappa shape index (κ2) is 4.03. The molecule has 100 valence electrons. The van der Waals surface area contributed by atoms with Gasteiger partial charge >= 0.3 is 18.3 Å². The molecule has 18 heavy (non-hydrogen) atoms. The van der Waals surface area contributed by atoms with E-state index in [-0.39, 0.29) is 6.07 Å². The molecule has 2 N–H and O–H groups in total. The van der Waals surface area contributed by atoms with Crippen LogP contribution in [0.15, 0.2) is 10.9 Å². The van der Waals surface area contributed by atoms with E-state index in [1.807, 2.05) is 0 Å². The number of alkyl halides is 6. The minimum atomic E-state index is -5.42. The first-order valence-corrected chi connectivity index (χ1v) is 4.09. The molecule has 0 amide bonds. The fraction of sp³-hybridized carbons (Fsp3) is 0.250. The van der Waals surface area contributed by atoms with Crippen LogP contribution in [-0.4, -0.2) is 16.1 Å². The van der Waals surface area contributed by atoms with Gasteiger partial charge in [-0.3, -0.25) is 4.79 Å². The fourth-order valence-corrected chi connectivity index (χ4v) is 1.14. The maximum atomic E-state index is 12.4. The number of carboxylic acid groups (broad SMARTS) is 1. The number of carbonyl (C=O) groups is 1. The van der Waals surface area contributed by atoms with Crippen molar-refractivity contribution in [1.82, 2.24) is 4.98 Å². The van der Waals surface area contributed by atoms with Gasteiger partial charge in [0.15, 0.2) is 5.43 Å². The third-order valence-electron chi connectivity index (χ3n) is 1.83. The SMILES string of the molecule is O=C(O)c1c(C(F)(F)F)[nH]c(C(F)(F)F)cc1=O. The number of nitrogens with one attached hydrogen (secondary N) is 1. The molecule has 0 saturated heterocycles. The first-order chi connectivity index (χ1) is 7.94. The van der Waals surface area contributed by atoms with Gasteiger partial charge in [0.1, 0.15) is 17.0 Å². The monoisotopic (exact) mass is 275 g/mol. The third kappa shape index (κ3) is 2.63. The second-order valence-corrected chi connectivity index (χ2v) is 3.10. The van der Waals surface area contributed by atoms with Crippen LogP contribution < -0.4 is 5.43 Å². The molecule has 0 saturated carbocycles. The second-order valence-electron chi connectivity index (χ2n) is 3.10. The van der Waals surface area contributed by atoms with Crippen LogP contribution in [0.1, 0.15) is 21.7 Å². The van der Waals surface area contributed by atoms with Gasteiger partial charge in [-0.1, -0.05) is 0 Å².